The van der Waals surface area contributed by atoms with Gasteiger partial charge in [-0.3, -0.25) is 34.2 Å². The van der Waals surface area contributed by atoms with Crippen LogP contribution in [0.1, 0.15) is 106 Å². The Hall–Kier alpha value is -4.53. The number of halogens is 1. The lowest BCUT2D eigenvalue weighted by molar-refractivity contribution is -0.162. The minimum atomic E-state index is -1.89. The third kappa shape index (κ3) is 15.8. The molecule has 9 atom stereocenters. The zero-order chi connectivity index (χ0) is 56.7. The molecule has 4 bridgehead atoms. The number of hydrogen-bond acceptors (Lipinski definition) is 16. The summed E-state index contributed by atoms with van der Waals surface area (Å²) in [7, 11) is 5.89. The second-order valence-corrected chi connectivity index (χ2v) is 25.2. The molecule has 0 saturated carbocycles. The molecule has 4 aliphatic heterocycles. The molecule has 5 rings (SSSR count). The van der Waals surface area contributed by atoms with Crippen LogP contribution >= 0.6 is 23.4 Å². The van der Waals surface area contributed by atoms with Crippen LogP contribution in [0.25, 0.3) is 0 Å². The third-order valence-corrected chi connectivity index (χ3v) is 16.6. The van der Waals surface area contributed by atoms with Crippen LogP contribution in [0.5, 0.6) is 5.75 Å². The van der Waals surface area contributed by atoms with Crippen LogP contribution in [0.15, 0.2) is 35.9 Å². The second-order valence-electron chi connectivity index (χ2n) is 21.5. The molecule has 1 aromatic carbocycles. The molecular formula is C53H75AlClN5O15S. The van der Waals surface area contributed by atoms with Crippen LogP contribution in [0.3, 0.4) is 0 Å². The molecule has 3 saturated heterocycles. The number of fused-ring (bicyclic) bond motifs is 5. The highest BCUT2D eigenvalue weighted by Gasteiger charge is 2.64. The summed E-state index contributed by atoms with van der Waals surface area (Å²) in [5, 5.41) is 16.5. The van der Waals surface area contributed by atoms with E-state index in [0.29, 0.717) is 17.9 Å². The first-order valence-electron chi connectivity index (χ1n) is 25.5. The molecular weight excluding hydrogens is 1040 g/mol. The predicted molar refractivity (Wildman–Crippen MR) is 285 cm³/mol. The van der Waals surface area contributed by atoms with Crippen molar-refractivity contribution < 1.29 is 71.9 Å². The molecule has 0 aliphatic carbocycles. The zero-order valence-electron chi connectivity index (χ0n) is 45.8. The van der Waals surface area contributed by atoms with Crippen LogP contribution in [0, 0.1) is 5.92 Å². The molecule has 3 N–H and O–H groups in total. The fourth-order valence-corrected chi connectivity index (χ4v) is 11.3. The van der Waals surface area contributed by atoms with E-state index in [2.05, 4.69) is 26.9 Å². The van der Waals surface area contributed by atoms with Gasteiger partial charge in [-0.05, 0) is 55.6 Å². The number of Topliss-reactive ketones (excluding diaryl/α,β-unsaturated/α-hetero) is 1. The highest BCUT2D eigenvalue weighted by atomic mass is 35.5. The highest BCUT2D eigenvalue weighted by Crippen LogP contribution is 2.49. The summed E-state index contributed by atoms with van der Waals surface area (Å²) in [5.41, 5.74) is -1.20. The minimum absolute atomic E-state index is 0.0324. The van der Waals surface area contributed by atoms with Crippen molar-refractivity contribution >= 4 is 92.7 Å². The number of imide groups is 1. The van der Waals surface area contributed by atoms with Gasteiger partial charge in [-0.15, -0.1) is 11.8 Å². The Kier molecular flexibility index (Phi) is 21.3. The van der Waals surface area contributed by atoms with Gasteiger partial charge in [0.25, 0.3) is 0 Å². The number of benzene rings is 1. The largest absolute Gasteiger partial charge is 0.495 e. The van der Waals surface area contributed by atoms with E-state index in [1.165, 1.54) is 49.8 Å². The van der Waals surface area contributed by atoms with E-state index in [9.17, 15) is 43.5 Å². The molecule has 1 aromatic rings. The summed E-state index contributed by atoms with van der Waals surface area (Å²) in [5.74, 6) is -3.13. The molecule has 1 unspecified atom stereocenters. The number of nitrogens with zero attached hydrogens (tertiary/aromatic N) is 3. The van der Waals surface area contributed by atoms with Crippen molar-refractivity contribution in [3.8, 4) is 5.75 Å². The number of hydrogen-bond donors (Lipinski definition) is 3. The molecule has 4 aliphatic rings. The number of likely N-dealkylation sites (tertiary alicyclic amines) is 1. The lowest BCUT2D eigenvalue weighted by Gasteiger charge is -2.42. The topological polar surface area (TPSA) is 249 Å². The second kappa shape index (κ2) is 26.0. The molecule has 4 heterocycles. The van der Waals surface area contributed by atoms with Crippen molar-refractivity contribution in [2.45, 2.75) is 163 Å². The van der Waals surface area contributed by atoms with Crippen LogP contribution in [-0.4, -0.2) is 185 Å². The van der Waals surface area contributed by atoms with Crippen LogP contribution in [-0.2, 0) is 63.7 Å². The molecule has 20 nitrogen and oxygen atoms in total. The van der Waals surface area contributed by atoms with E-state index >= 15 is 0 Å². The Morgan fingerprint density at radius 3 is 2.42 bits per heavy atom. The lowest BCUT2D eigenvalue weighted by atomic mass is 9.83. The van der Waals surface area contributed by atoms with Crippen LogP contribution in [0.4, 0.5) is 10.5 Å². The molecule has 2 radical (unpaired) electrons. The Morgan fingerprint density at radius 2 is 1.76 bits per heavy atom. The summed E-state index contributed by atoms with van der Waals surface area (Å²) >= 11 is 10.6. The van der Waals surface area contributed by atoms with Crippen molar-refractivity contribution in [1.82, 2.24) is 20.4 Å². The number of epoxide rings is 1. The number of carbonyl (C=O) groups excluding carboxylic acids is 8. The number of nitrogens with one attached hydrogen (secondary N) is 2. The van der Waals surface area contributed by atoms with E-state index in [0.717, 1.165) is 16.0 Å². The number of methoxy groups -OCH3 is 2. The number of anilines is 1. The van der Waals surface area contributed by atoms with Crippen LogP contribution in [0.2, 0.25) is 9.30 Å². The number of aliphatic hydroxyl groups is 1. The predicted octanol–water partition coefficient (Wildman–Crippen LogP) is 4.78. The fraction of sp³-hybridized carbons (Fsp3) is 0.660. The Bertz CT molecular complexity index is 2430. The van der Waals surface area contributed by atoms with Gasteiger partial charge >= 0.3 is 12.1 Å². The summed E-state index contributed by atoms with van der Waals surface area (Å²) < 4.78 is 33.7. The number of alkyl carbamates (subject to hydrolysis) is 1. The van der Waals surface area contributed by atoms with E-state index in [1.807, 2.05) is 26.8 Å². The molecule has 6 amide bonds. The third-order valence-electron chi connectivity index (χ3n) is 14.5. The fourth-order valence-electron chi connectivity index (χ4n) is 9.38. The molecule has 0 aromatic heterocycles. The maximum Gasteiger partial charge on any atom is 0.409 e. The molecule has 0 spiro atoms. The van der Waals surface area contributed by atoms with Gasteiger partial charge in [-0.25, -0.2) is 9.59 Å². The van der Waals surface area contributed by atoms with Gasteiger partial charge in [0, 0.05) is 77.1 Å². The van der Waals surface area contributed by atoms with Crippen LogP contribution < -0.4 is 20.3 Å². The first kappa shape index (κ1) is 62.3. The Morgan fingerprint density at radius 1 is 1.07 bits per heavy atom. The van der Waals surface area contributed by atoms with Gasteiger partial charge in [0.15, 0.2) is 5.72 Å². The Labute approximate surface area is 463 Å². The molecule has 23 heteroatoms. The van der Waals surface area contributed by atoms with Crippen molar-refractivity contribution in [3.05, 3.63) is 46.5 Å². The molecule has 76 heavy (non-hydrogen) atoms. The summed E-state index contributed by atoms with van der Waals surface area (Å²) in [6.45, 7) is 14.7. The van der Waals surface area contributed by atoms with Crippen molar-refractivity contribution in [2.24, 2.45) is 5.92 Å². The van der Waals surface area contributed by atoms with Crippen molar-refractivity contribution in [1.29, 1.82) is 0 Å². The van der Waals surface area contributed by atoms with Crippen molar-refractivity contribution in [2.75, 3.05) is 59.5 Å². The summed E-state index contributed by atoms with van der Waals surface area (Å²) in [6, 6.07) is 2.39. The van der Waals surface area contributed by atoms with Gasteiger partial charge in [0.05, 0.1) is 43.8 Å². The number of amides is 6. The quantitative estimate of drug-likeness (QED) is 0.0523. The smallest absolute Gasteiger partial charge is 0.409 e. The maximum atomic E-state index is 14.4. The SMILES string of the molecule is COc1cc2cc(c1Cl)N(C)C(=O)C[C@H](OC(=O)[C@H](C)N(C)C(=O)CCC(C)(C)SC1CC(=O)N(CCC(=O)NCCOCCC(=O)[C](C)(C)[Al])C1=O)[C@]1(C)O[C@H]1[C@H](C)[C@@H]1C[C@@](O)(NC(=O)O1)[C@H](OC)/C=C/C=C(\C)C2. The average molecular weight is 1120 g/mol. The summed E-state index contributed by atoms with van der Waals surface area (Å²) in [4.78, 5) is 110. The minimum Gasteiger partial charge on any atom is -0.495 e. The van der Waals surface area contributed by atoms with Gasteiger partial charge in [0.2, 0.25) is 29.5 Å². The monoisotopic (exact) mass is 1120 g/mol. The summed E-state index contributed by atoms with van der Waals surface area (Å²) in [6.07, 6.45) is 0.676. The van der Waals surface area contributed by atoms with Gasteiger partial charge in [-0.2, -0.15) is 0 Å². The number of ether oxygens (including phenoxy) is 6. The number of likely N-dealkylation sites (N-methyl/N-ethyl adjacent to an activating group) is 1. The van der Waals surface area contributed by atoms with E-state index in [-0.39, 0.29) is 81.5 Å². The lowest BCUT2D eigenvalue weighted by Crippen LogP contribution is -2.63. The average Bonchev–Trinajstić information content (AvgIpc) is 3.97. The van der Waals surface area contributed by atoms with E-state index in [1.54, 1.807) is 59.0 Å². The normalized spacial score (nSPS) is 27.8. The zero-order valence-corrected chi connectivity index (χ0v) is 48.5. The Balaban J connectivity index is 1.23. The van der Waals surface area contributed by atoms with Gasteiger partial charge in [-0.1, -0.05) is 70.0 Å². The molecule has 418 valence electrons. The highest BCUT2D eigenvalue weighted by molar-refractivity contribution is 8.02. The number of carbonyl (C=O) groups is 8. The van der Waals surface area contributed by atoms with Crippen molar-refractivity contribution in [3.63, 3.8) is 0 Å². The number of thioether (sulfide) groups is 1. The van der Waals surface area contributed by atoms with E-state index < -0.39 is 104 Å². The number of allylic oxidation sites excluding steroid dienone is 3. The first-order chi connectivity index (χ1) is 35.4. The number of ketones is 1. The number of rotatable bonds is 20. The standard InChI is InChI=1S/C53H75ClN5O15S.Al/c1-30(2)36(60)18-22-71-23-20-55-42(61)17-21-59-45(64)27-39(48(59)65)75-51(6,7)19-16-43(62)57(9)33(5)49(66)73-41-28-44(63)58(10)35-25-34(26-37(69-11)46(35)54)24-31(3)14-13-15-40(70-12)53(68)29-38(72-50(67)56-53)32(4)47-52(41,8)74-47;/h13-15,25-26,32-33,38-41,47,68H,16-24,27-29H2,1-12H3,(H,55,61)(H,56,67);/b15-13+,31-14+;/t32-,33+,38+,39?,40-,41+,47+,52+,53+;/m1./s1. The number of esters is 1. The maximum absolute atomic E-state index is 14.4. The van der Waals surface area contributed by atoms with Gasteiger partial charge in [0.1, 0.15) is 62.8 Å². The van der Waals surface area contributed by atoms with E-state index in [4.69, 9.17) is 40.0 Å². The molecule has 3 fully saturated rings. The first-order valence-corrected chi connectivity index (χ1v) is 27.3. The van der Waals surface area contributed by atoms with Gasteiger partial charge < -0.3 is 53.4 Å².